The first-order chi connectivity index (χ1) is 15.4. The molecule has 0 aromatic heterocycles. The van der Waals surface area contributed by atoms with Gasteiger partial charge in [0, 0.05) is 26.1 Å². The van der Waals surface area contributed by atoms with E-state index in [1.54, 1.807) is 16.4 Å². The highest BCUT2D eigenvalue weighted by Crippen LogP contribution is 2.61. The molecule has 4 saturated carbocycles. The van der Waals surface area contributed by atoms with Crippen molar-refractivity contribution in [3.63, 3.8) is 0 Å². The minimum atomic E-state index is -3.40. The van der Waals surface area contributed by atoms with Gasteiger partial charge in [-0.3, -0.25) is 4.79 Å². The van der Waals surface area contributed by atoms with Gasteiger partial charge in [-0.1, -0.05) is 25.0 Å². The van der Waals surface area contributed by atoms with Crippen molar-refractivity contribution >= 4 is 15.9 Å². The van der Waals surface area contributed by atoms with Crippen molar-refractivity contribution in [2.45, 2.75) is 81.9 Å². The summed E-state index contributed by atoms with van der Waals surface area (Å²) in [4.78, 5) is 13.1. The van der Waals surface area contributed by atoms with Crippen molar-refractivity contribution < 1.29 is 13.2 Å². The fourth-order valence-electron chi connectivity index (χ4n) is 7.52. The largest absolute Gasteiger partial charge is 0.356 e. The fraction of sp³-hybridized carbons (Fsp3) is 0.731. The summed E-state index contributed by atoms with van der Waals surface area (Å²) in [7, 11) is -3.40. The van der Waals surface area contributed by atoms with Crippen molar-refractivity contribution in [1.82, 2.24) is 9.62 Å². The summed E-state index contributed by atoms with van der Waals surface area (Å²) in [6.07, 6.45) is 13.6. The predicted octanol–water partition coefficient (Wildman–Crippen LogP) is 4.52. The van der Waals surface area contributed by atoms with Gasteiger partial charge in [0.15, 0.2) is 0 Å². The molecule has 1 aromatic rings. The molecule has 5 nitrogen and oxygen atoms in total. The molecule has 4 bridgehead atoms. The van der Waals surface area contributed by atoms with E-state index in [0.29, 0.717) is 31.0 Å². The Hall–Kier alpha value is -1.40. The third kappa shape index (κ3) is 4.77. The first kappa shape index (κ1) is 22.4. The SMILES string of the molecule is O=C(CC12CC3CC(CC(C3)C1)C2)NCCc1ccc(S(=O)(=O)N2CCCCCC2)cc1. The van der Waals surface area contributed by atoms with E-state index in [1.807, 2.05) is 12.1 Å². The second-order valence-corrected chi connectivity index (χ2v) is 13.1. The summed E-state index contributed by atoms with van der Waals surface area (Å²) in [5, 5.41) is 3.14. The second-order valence-electron chi connectivity index (χ2n) is 11.2. The van der Waals surface area contributed by atoms with Crippen molar-refractivity contribution in [2.24, 2.45) is 23.2 Å². The Labute approximate surface area is 193 Å². The summed E-state index contributed by atoms with van der Waals surface area (Å²) >= 11 is 0. The maximum atomic E-state index is 12.9. The Balaban J connectivity index is 1.11. The third-order valence-corrected chi connectivity index (χ3v) is 10.5. The molecule has 0 unspecified atom stereocenters. The molecule has 1 amide bonds. The lowest BCUT2D eigenvalue weighted by Gasteiger charge is -2.56. The maximum Gasteiger partial charge on any atom is 0.243 e. The van der Waals surface area contributed by atoms with Crippen LogP contribution in [0.1, 0.15) is 76.2 Å². The summed E-state index contributed by atoms with van der Waals surface area (Å²) in [5.41, 5.74) is 1.34. The van der Waals surface area contributed by atoms with Crippen LogP contribution in [0, 0.1) is 23.2 Å². The molecule has 1 saturated heterocycles. The lowest BCUT2D eigenvalue weighted by molar-refractivity contribution is -0.129. The van der Waals surface area contributed by atoms with E-state index in [-0.39, 0.29) is 11.3 Å². The molecule has 1 N–H and O–H groups in total. The number of carbonyl (C=O) groups excluding carboxylic acids is 1. The Bertz CT molecular complexity index is 882. The lowest BCUT2D eigenvalue weighted by atomic mass is 9.49. The van der Waals surface area contributed by atoms with E-state index in [1.165, 1.54) is 38.5 Å². The highest BCUT2D eigenvalue weighted by Gasteiger charge is 2.51. The topological polar surface area (TPSA) is 66.5 Å². The number of benzene rings is 1. The van der Waals surface area contributed by atoms with Gasteiger partial charge in [-0.05, 0) is 98.7 Å². The zero-order valence-corrected chi connectivity index (χ0v) is 20.0. The smallest absolute Gasteiger partial charge is 0.243 e. The molecule has 4 aliphatic carbocycles. The number of hydrogen-bond acceptors (Lipinski definition) is 3. The average molecular weight is 459 g/mol. The molecule has 0 spiro atoms. The number of nitrogens with one attached hydrogen (secondary N) is 1. The molecule has 1 heterocycles. The van der Waals surface area contributed by atoms with Crippen LogP contribution in [-0.4, -0.2) is 38.3 Å². The Kier molecular flexibility index (Phi) is 6.36. The molecule has 5 aliphatic rings. The predicted molar refractivity (Wildman–Crippen MR) is 126 cm³/mol. The van der Waals surface area contributed by atoms with Crippen LogP contribution in [0.4, 0.5) is 0 Å². The van der Waals surface area contributed by atoms with E-state index in [2.05, 4.69) is 5.32 Å². The minimum absolute atomic E-state index is 0.201. The van der Waals surface area contributed by atoms with Crippen LogP contribution in [0.15, 0.2) is 29.2 Å². The summed E-state index contributed by atoms with van der Waals surface area (Å²) in [5.74, 6) is 2.82. The van der Waals surface area contributed by atoms with Gasteiger partial charge in [-0.15, -0.1) is 0 Å². The number of rotatable bonds is 7. The van der Waals surface area contributed by atoms with E-state index < -0.39 is 10.0 Å². The molecule has 1 aliphatic heterocycles. The van der Waals surface area contributed by atoms with E-state index in [4.69, 9.17) is 0 Å². The fourth-order valence-corrected chi connectivity index (χ4v) is 9.03. The first-order valence-electron chi connectivity index (χ1n) is 12.8. The van der Waals surface area contributed by atoms with Crippen molar-refractivity contribution in [1.29, 1.82) is 0 Å². The zero-order chi connectivity index (χ0) is 22.2. The van der Waals surface area contributed by atoms with Crippen LogP contribution in [0.2, 0.25) is 0 Å². The van der Waals surface area contributed by atoms with Gasteiger partial charge in [0.25, 0.3) is 0 Å². The van der Waals surface area contributed by atoms with Gasteiger partial charge in [0.2, 0.25) is 15.9 Å². The summed E-state index contributed by atoms with van der Waals surface area (Å²) < 4.78 is 27.5. The quantitative estimate of drug-likeness (QED) is 0.653. The molecule has 176 valence electrons. The lowest BCUT2D eigenvalue weighted by Crippen LogP contribution is -2.48. The van der Waals surface area contributed by atoms with Crippen LogP contribution >= 0.6 is 0 Å². The van der Waals surface area contributed by atoms with E-state index in [9.17, 15) is 13.2 Å². The standard InChI is InChI=1S/C26H38N2O3S/c29-25(19-26-16-21-13-22(17-26)15-23(14-21)18-26)27-10-9-20-5-7-24(8-6-20)32(30,31)28-11-3-1-2-4-12-28/h5-8,21-23H,1-4,9-19H2,(H,27,29). The molecule has 0 radical (unpaired) electrons. The third-order valence-electron chi connectivity index (χ3n) is 8.56. The average Bonchev–Trinajstić information content (AvgIpc) is 3.03. The highest BCUT2D eigenvalue weighted by atomic mass is 32.2. The van der Waals surface area contributed by atoms with Crippen molar-refractivity contribution in [3.8, 4) is 0 Å². The van der Waals surface area contributed by atoms with Crippen LogP contribution in [0.25, 0.3) is 0 Å². The minimum Gasteiger partial charge on any atom is -0.356 e. The van der Waals surface area contributed by atoms with Crippen LogP contribution in [0.5, 0.6) is 0 Å². The van der Waals surface area contributed by atoms with E-state index >= 15 is 0 Å². The Morgan fingerprint density at radius 1 is 0.906 bits per heavy atom. The van der Waals surface area contributed by atoms with Crippen LogP contribution in [0.3, 0.4) is 0 Å². The maximum absolute atomic E-state index is 12.9. The summed E-state index contributed by atoms with van der Waals surface area (Å²) in [6.45, 7) is 1.86. The monoisotopic (exact) mass is 458 g/mol. The number of hydrogen-bond donors (Lipinski definition) is 1. The van der Waals surface area contributed by atoms with Gasteiger partial charge in [0.1, 0.15) is 0 Å². The van der Waals surface area contributed by atoms with Crippen molar-refractivity contribution in [2.75, 3.05) is 19.6 Å². The summed E-state index contributed by atoms with van der Waals surface area (Å²) in [6, 6.07) is 7.26. The zero-order valence-electron chi connectivity index (χ0n) is 19.2. The Morgan fingerprint density at radius 3 is 2.03 bits per heavy atom. The van der Waals surface area contributed by atoms with Crippen molar-refractivity contribution in [3.05, 3.63) is 29.8 Å². The molecule has 6 heteroatoms. The first-order valence-corrected chi connectivity index (χ1v) is 14.2. The molecule has 32 heavy (non-hydrogen) atoms. The molecule has 1 aromatic carbocycles. The van der Waals surface area contributed by atoms with Gasteiger partial charge in [-0.2, -0.15) is 4.31 Å². The molecular weight excluding hydrogens is 420 g/mol. The van der Waals surface area contributed by atoms with Gasteiger partial charge in [0.05, 0.1) is 4.90 Å². The number of amides is 1. The number of carbonyl (C=O) groups is 1. The molecular formula is C26H38N2O3S. The molecule has 0 atom stereocenters. The normalized spacial score (nSPS) is 32.6. The van der Waals surface area contributed by atoms with Crippen LogP contribution in [-0.2, 0) is 21.2 Å². The Morgan fingerprint density at radius 2 is 1.47 bits per heavy atom. The van der Waals surface area contributed by atoms with Gasteiger partial charge in [-0.25, -0.2) is 8.42 Å². The second kappa shape index (κ2) is 9.09. The number of nitrogens with zero attached hydrogens (tertiary/aromatic N) is 1. The molecule has 6 rings (SSSR count). The number of sulfonamides is 1. The highest BCUT2D eigenvalue weighted by molar-refractivity contribution is 7.89. The van der Waals surface area contributed by atoms with E-state index in [0.717, 1.165) is 55.4 Å². The van der Waals surface area contributed by atoms with Gasteiger partial charge < -0.3 is 5.32 Å². The van der Waals surface area contributed by atoms with Crippen LogP contribution < -0.4 is 5.32 Å². The van der Waals surface area contributed by atoms with Gasteiger partial charge >= 0.3 is 0 Å². The molecule has 5 fully saturated rings.